The molecule has 0 aromatic carbocycles. The van der Waals surface area contributed by atoms with E-state index < -0.39 is 10.0 Å². The predicted molar refractivity (Wildman–Crippen MR) is 66.4 cm³/mol. The van der Waals surface area contributed by atoms with Gasteiger partial charge in [-0.3, -0.25) is 0 Å². The van der Waals surface area contributed by atoms with Gasteiger partial charge in [0.15, 0.2) is 0 Å². The normalized spacial score (nSPS) is 19.2. The van der Waals surface area contributed by atoms with Gasteiger partial charge >= 0.3 is 0 Å². The standard InChI is InChI=1S/C12H19NO4S/c1-9(10-4-2-3-5-10)13-18(15,16)12-7-6-11(8-14)17-12/h6-7,9-10,13-14H,2-5,8H2,1H3. The summed E-state index contributed by atoms with van der Waals surface area (Å²) in [7, 11) is -3.61. The number of nitrogens with one attached hydrogen (secondary N) is 1. The van der Waals surface area contributed by atoms with Gasteiger partial charge in [0, 0.05) is 6.04 Å². The van der Waals surface area contributed by atoms with Gasteiger partial charge in [0.2, 0.25) is 5.09 Å². The van der Waals surface area contributed by atoms with Crippen LogP contribution in [0, 0.1) is 5.92 Å². The second-order valence-electron chi connectivity index (χ2n) is 4.83. The second kappa shape index (κ2) is 5.42. The van der Waals surface area contributed by atoms with E-state index in [1.165, 1.54) is 25.0 Å². The smallest absolute Gasteiger partial charge is 0.274 e. The summed E-state index contributed by atoms with van der Waals surface area (Å²) >= 11 is 0. The highest BCUT2D eigenvalue weighted by Crippen LogP contribution is 2.28. The SMILES string of the molecule is CC(NS(=O)(=O)c1ccc(CO)o1)C1CCCC1. The van der Waals surface area contributed by atoms with Crippen LogP contribution in [0.1, 0.15) is 38.4 Å². The number of sulfonamides is 1. The zero-order valence-corrected chi connectivity index (χ0v) is 11.2. The summed E-state index contributed by atoms with van der Waals surface area (Å²) in [6.45, 7) is 1.59. The van der Waals surface area contributed by atoms with Crippen LogP contribution in [-0.4, -0.2) is 19.6 Å². The molecule has 1 aromatic rings. The molecule has 1 aliphatic rings. The third-order valence-electron chi connectivity index (χ3n) is 3.51. The Hall–Kier alpha value is -0.850. The van der Waals surface area contributed by atoms with Crippen LogP contribution >= 0.6 is 0 Å². The molecule has 2 rings (SSSR count). The highest BCUT2D eigenvalue weighted by molar-refractivity contribution is 7.89. The van der Waals surface area contributed by atoms with Crippen LogP contribution in [0.25, 0.3) is 0 Å². The van der Waals surface area contributed by atoms with Gasteiger partial charge in [0.1, 0.15) is 12.4 Å². The largest absolute Gasteiger partial charge is 0.446 e. The van der Waals surface area contributed by atoms with E-state index in [-0.39, 0.29) is 23.5 Å². The number of aliphatic hydroxyl groups is 1. The molecule has 0 saturated heterocycles. The van der Waals surface area contributed by atoms with Crippen molar-refractivity contribution in [3.05, 3.63) is 17.9 Å². The molecule has 18 heavy (non-hydrogen) atoms. The van der Waals surface area contributed by atoms with Crippen LogP contribution in [0.5, 0.6) is 0 Å². The van der Waals surface area contributed by atoms with Gasteiger partial charge < -0.3 is 9.52 Å². The molecule has 0 spiro atoms. The fourth-order valence-electron chi connectivity index (χ4n) is 2.44. The Bertz CT molecular complexity index is 488. The molecule has 5 nitrogen and oxygen atoms in total. The van der Waals surface area contributed by atoms with Crippen LogP contribution in [0.3, 0.4) is 0 Å². The summed E-state index contributed by atoms with van der Waals surface area (Å²) < 4.78 is 31.8. The zero-order chi connectivity index (χ0) is 13.2. The summed E-state index contributed by atoms with van der Waals surface area (Å²) in [5.41, 5.74) is 0. The minimum absolute atomic E-state index is 0.0832. The van der Waals surface area contributed by atoms with E-state index in [1.54, 1.807) is 0 Å². The number of hydrogen-bond acceptors (Lipinski definition) is 4. The van der Waals surface area contributed by atoms with Crippen molar-refractivity contribution in [2.75, 3.05) is 0 Å². The third-order valence-corrected chi connectivity index (χ3v) is 4.94. The maximum atomic E-state index is 12.0. The van der Waals surface area contributed by atoms with E-state index in [1.807, 2.05) is 6.92 Å². The summed E-state index contributed by atoms with van der Waals surface area (Å²) in [6, 6.07) is 2.75. The van der Waals surface area contributed by atoms with Crippen molar-refractivity contribution in [3.63, 3.8) is 0 Å². The maximum Gasteiger partial charge on any atom is 0.274 e. The molecule has 1 atom stereocenters. The highest BCUT2D eigenvalue weighted by atomic mass is 32.2. The van der Waals surface area contributed by atoms with Gasteiger partial charge in [-0.1, -0.05) is 12.8 Å². The number of aliphatic hydroxyl groups excluding tert-OH is 1. The Labute approximate surface area is 107 Å². The van der Waals surface area contributed by atoms with Crippen molar-refractivity contribution in [2.45, 2.75) is 50.3 Å². The topological polar surface area (TPSA) is 79.5 Å². The Morgan fingerprint density at radius 3 is 2.67 bits per heavy atom. The third kappa shape index (κ3) is 2.93. The Morgan fingerprint density at radius 2 is 2.11 bits per heavy atom. The highest BCUT2D eigenvalue weighted by Gasteiger charge is 2.27. The molecule has 0 radical (unpaired) electrons. The minimum Gasteiger partial charge on any atom is -0.446 e. The summed E-state index contributed by atoms with van der Waals surface area (Å²) in [5.74, 6) is 0.663. The quantitative estimate of drug-likeness (QED) is 0.854. The first-order valence-electron chi connectivity index (χ1n) is 6.25. The fourth-order valence-corrected chi connectivity index (χ4v) is 3.71. The van der Waals surface area contributed by atoms with Crippen LogP contribution in [0.15, 0.2) is 21.6 Å². The van der Waals surface area contributed by atoms with Gasteiger partial charge in [-0.25, -0.2) is 13.1 Å². The summed E-state index contributed by atoms with van der Waals surface area (Å²) in [6.07, 6.45) is 4.49. The van der Waals surface area contributed by atoms with Gasteiger partial charge in [-0.05, 0) is 37.8 Å². The van der Waals surface area contributed by atoms with Crippen molar-refractivity contribution in [1.82, 2.24) is 4.72 Å². The van der Waals surface area contributed by atoms with Crippen molar-refractivity contribution < 1.29 is 17.9 Å². The molecule has 1 saturated carbocycles. The van der Waals surface area contributed by atoms with E-state index in [4.69, 9.17) is 9.52 Å². The monoisotopic (exact) mass is 273 g/mol. The number of hydrogen-bond donors (Lipinski definition) is 2. The van der Waals surface area contributed by atoms with Gasteiger partial charge in [0.25, 0.3) is 10.0 Å². The molecular weight excluding hydrogens is 254 g/mol. The van der Waals surface area contributed by atoms with Crippen molar-refractivity contribution in [2.24, 2.45) is 5.92 Å². The zero-order valence-electron chi connectivity index (χ0n) is 10.4. The lowest BCUT2D eigenvalue weighted by Crippen LogP contribution is -2.37. The van der Waals surface area contributed by atoms with E-state index in [2.05, 4.69) is 4.72 Å². The van der Waals surface area contributed by atoms with Crippen molar-refractivity contribution in [3.8, 4) is 0 Å². The lowest BCUT2D eigenvalue weighted by molar-refractivity contribution is 0.236. The molecule has 6 heteroatoms. The molecule has 1 fully saturated rings. The molecule has 1 heterocycles. The Kier molecular flexibility index (Phi) is 4.09. The first-order chi connectivity index (χ1) is 8.53. The maximum absolute atomic E-state index is 12.0. The first kappa shape index (κ1) is 13.6. The van der Waals surface area contributed by atoms with E-state index in [9.17, 15) is 8.42 Å². The van der Waals surface area contributed by atoms with E-state index >= 15 is 0 Å². The average molecular weight is 273 g/mol. The molecule has 0 amide bonds. The lowest BCUT2D eigenvalue weighted by Gasteiger charge is -2.19. The summed E-state index contributed by atoms with van der Waals surface area (Å²) in [4.78, 5) is 0. The first-order valence-corrected chi connectivity index (χ1v) is 7.73. The van der Waals surface area contributed by atoms with Crippen LogP contribution in [-0.2, 0) is 16.6 Å². The molecule has 102 valence electrons. The molecule has 2 N–H and O–H groups in total. The van der Waals surface area contributed by atoms with E-state index in [0.29, 0.717) is 5.92 Å². The van der Waals surface area contributed by atoms with Gasteiger partial charge in [-0.2, -0.15) is 0 Å². The fraction of sp³-hybridized carbons (Fsp3) is 0.667. The number of rotatable bonds is 5. The number of furan rings is 1. The van der Waals surface area contributed by atoms with Crippen molar-refractivity contribution in [1.29, 1.82) is 0 Å². The van der Waals surface area contributed by atoms with E-state index in [0.717, 1.165) is 12.8 Å². The Morgan fingerprint density at radius 1 is 1.44 bits per heavy atom. The summed E-state index contributed by atoms with van der Waals surface area (Å²) in [5, 5.41) is 8.73. The van der Waals surface area contributed by atoms with Crippen LogP contribution in [0.2, 0.25) is 0 Å². The molecule has 0 aliphatic heterocycles. The lowest BCUT2D eigenvalue weighted by atomic mass is 10.0. The van der Waals surface area contributed by atoms with Crippen LogP contribution in [0.4, 0.5) is 0 Å². The molecule has 1 aliphatic carbocycles. The minimum atomic E-state index is -3.61. The molecule has 0 bridgehead atoms. The molecule has 1 unspecified atom stereocenters. The predicted octanol–water partition coefficient (Wildman–Crippen LogP) is 1.63. The Balaban J connectivity index is 2.06. The van der Waals surface area contributed by atoms with Crippen LogP contribution < -0.4 is 4.72 Å². The van der Waals surface area contributed by atoms with Crippen molar-refractivity contribution >= 4 is 10.0 Å². The van der Waals surface area contributed by atoms with Gasteiger partial charge in [-0.15, -0.1) is 0 Å². The van der Waals surface area contributed by atoms with Gasteiger partial charge in [0.05, 0.1) is 0 Å². The average Bonchev–Trinajstić information content (AvgIpc) is 3.00. The second-order valence-corrected chi connectivity index (χ2v) is 6.48. The molecular formula is C12H19NO4S. The molecule has 1 aromatic heterocycles.